The number of urea groups is 1. The van der Waals surface area contributed by atoms with Gasteiger partial charge in [-0.2, -0.15) is 0 Å². The molecular formula is C18H22N2O. The van der Waals surface area contributed by atoms with Crippen LogP contribution in [0.2, 0.25) is 0 Å². The largest absolute Gasteiger partial charge is 0.323 e. The Morgan fingerprint density at radius 1 is 1.00 bits per heavy atom. The van der Waals surface area contributed by atoms with Crippen LogP contribution in [0.25, 0.3) is 0 Å². The zero-order valence-electron chi connectivity index (χ0n) is 13.1. The summed E-state index contributed by atoms with van der Waals surface area (Å²) in [6, 6.07) is 11.9. The van der Waals surface area contributed by atoms with E-state index in [-0.39, 0.29) is 6.03 Å². The second kappa shape index (κ2) is 6.44. The number of hydrogen-bond donors (Lipinski definition) is 2. The summed E-state index contributed by atoms with van der Waals surface area (Å²) < 4.78 is 0. The highest BCUT2D eigenvalue weighted by Gasteiger charge is 2.09. The zero-order valence-corrected chi connectivity index (χ0v) is 13.1. The van der Waals surface area contributed by atoms with E-state index in [1.165, 1.54) is 0 Å². The van der Waals surface area contributed by atoms with E-state index in [0.29, 0.717) is 0 Å². The summed E-state index contributed by atoms with van der Waals surface area (Å²) in [7, 11) is 0. The van der Waals surface area contributed by atoms with Crippen molar-refractivity contribution in [2.24, 2.45) is 0 Å². The molecule has 0 fully saturated rings. The van der Waals surface area contributed by atoms with Crippen LogP contribution < -0.4 is 10.6 Å². The van der Waals surface area contributed by atoms with Crippen molar-refractivity contribution in [1.82, 2.24) is 0 Å². The molecule has 3 heteroatoms. The molecule has 2 aromatic rings. The van der Waals surface area contributed by atoms with Gasteiger partial charge in [-0.15, -0.1) is 0 Å². The molecule has 21 heavy (non-hydrogen) atoms. The second-order valence-corrected chi connectivity index (χ2v) is 5.36. The summed E-state index contributed by atoms with van der Waals surface area (Å²) in [6.45, 7) is 8.09. The lowest BCUT2D eigenvalue weighted by molar-refractivity contribution is 0.262. The maximum atomic E-state index is 12.2. The molecule has 0 saturated carbocycles. The molecule has 0 aliphatic heterocycles. The number of carbonyl (C=O) groups is 1. The van der Waals surface area contributed by atoms with E-state index in [0.717, 1.165) is 40.0 Å². The Kier molecular flexibility index (Phi) is 4.63. The van der Waals surface area contributed by atoms with Crippen LogP contribution in [0.4, 0.5) is 16.2 Å². The lowest BCUT2D eigenvalue weighted by Crippen LogP contribution is -2.21. The van der Waals surface area contributed by atoms with Crippen molar-refractivity contribution in [2.75, 3.05) is 10.6 Å². The van der Waals surface area contributed by atoms with Gasteiger partial charge in [-0.3, -0.25) is 0 Å². The molecule has 0 radical (unpaired) electrons. The molecule has 2 amide bonds. The van der Waals surface area contributed by atoms with Gasteiger partial charge in [0.2, 0.25) is 0 Å². The van der Waals surface area contributed by atoms with Crippen molar-refractivity contribution in [1.29, 1.82) is 0 Å². The lowest BCUT2D eigenvalue weighted by Gasteiger charge is -2.15. The Bertz CT molecular complexity index is 662. The van der Waals surface area contributed by atoms with Crippen molar-refractivity contribution in [3.8, 4) is 0 Å². The van der Waals surface area contributed by atoms with Gasteiger partial charge < -0.3 is 10.6 Å². The molecule has 0 atom stereocenters. The highest BCUT2D eigenvalue weighted by molar-refractivity contribution is 6.01. The Hall–Kier alpha value is -2.29. The molecular weight excluding hydrogens is 260 g/mol. The summed E-state index contributed by atoms with van der Waals surface area (Å²) in [6.07, 6.45) is 0.890. The summed E-state index contributed by atoms with van der Waals surface area (Å²) in [5.74, 6) is 0. The summed E-state index contributed by atoms with van der Waals surface area (Å²) in [4.78, 5) is 12.2. The second-order valence-electron chi connectivity index (χ2n) is 5.36. The summed E-state index contributed by atoms with van der Waals surface area (Å²) in [5, 5.41) is 5.90. The molecule has 2 aromatic carbocycles. The molecule has 110 valence electrons. The van der Waals surface area contributed by atoms with Crippen molar-refractivity contribution >= 4 is 17.4 Å². The predicted molar refractivity (Wildman–Crippen MR) is 89.1 cm³/mol. The van der Waals surface area contributed by atoms with Crippen LogP contribution in [0.5, 0.6) is 0 Å². The number of hydrogen-bond acceptors (Lipinski definition) is 1. The number of anilines is 2. The summed E-state index contributed by atoms with van der Waals surface area (Å²) >= 11 is 0. The van der Waals surface area contributed by atoms with E-state index in [4.69, 9.17) is 0 Å². The molecule has 0 heterocycles. The van der Waals surface area contributed by atoms with E-state index in [1.54, 1.807) is 0 Å². The Balaban J connectivity index is 2.17. The molecule has 2 rings (SSSR count). The SMILES string of the molecule is CCc1cccc(C)c1NC(=O)Nc1cc(C)ccc1C. The number of aryl methyl sites for hydroxylation is 4. The van der Waals surface area contributed by atoms with E-state index >= 15 is 0 Å². The van der Waals surface area contributed by atoms with E-state index in [2.05, 4.69) is 17.6 Å². The molecule has 2 N–H and O–H groups in total. The van der Waals surface area contributed by atoms with Gasteiger partial charge >= 0.3 is 6.03 Å². The van der Waals surface area contributed by atoms with Gasteiger partial charge in [-0.05, 0) is 55.5 Å². The van der Waals surface area contributed by atoms with E-state index in [1.807, 2.05) is 57.2 Å². The first-order chi connectivity index (χ1) is 10.0. The number of nitrogens with one attached hydrogen (secondary N) is 2. The highest BCUT2D eigenvalue weighted by atomic mass is 16.2. The number of carbonyl (C=O) groups excluding carboxylic acids is 1. The molecule has 0 bridgehead atoms. The van der Waals surface area contributed by atoms with Gasteiger partial charge in [-0.1, -0.05) is 37.3 Å². The molecule has 0 aliphatic carbocycles. The average Bonchev–Trinajstić information content (AvgIpc) is 2.45. The fourth-order valence-electron chi connectivity index (χ4n) is 2.34. The Labute approximate surface area is 126 Å². The van der Waals surface area contributed by atoms with Gasteiger partial charge in [0, 0.05) is 11.4 Å². The fourth-order valence-corrected chi connectivity index (χ4v) is 2.34. The topological polar surface area (TPSA) is 41.1 Å². The maximum Gasteiger partial charge on any atom is 0.323 e. The van der Waals surface area contributed by atoms with Crippen molar-refractivity contribution in [2.45, 2.75) is 34.1 Å². The highest BCUT2D eigenvalue weighted by Crippen LogP contribution is 2.22. The van der Waals surface area contributed by atoms with Gasteiger partial charge in [0.15, 0.2) is 0 Å². The number of amides is 2. The molecule has 3 nitrogen and oxygen atoms in total. The van der Waals surface area contributed by atoms with Gasteiger partial charge in [-0.25, -0.2) is 4.79 Å². The first kappa shape index (κ1) is 15.1. The maximum absolute atomic E-state index is 12.2. The number of para-hydroxylation sites is 1. The molecule has 0 spiro atoms. The van der Waals surface area contributed by atoms with E-state index in [9.17, 15) is 4.79 Å². The average molecular weight is 282 g/mol. The van der Waals surface area contributed by atoms with E-state index < -0.39 is 0 Å². The lowest BCUT2D eigenvalue weighted by atomic mass is 10.1. The van der Waals surface area contributed by atoms with Crippen LogP contribution in [0.15, 0.2) is 36.4 Å². The van der Waals surface area contributed by atoms with Crippen LogP contribution in [-0.2, 0) is 6.42 Å². The zero-order chi connectivity index (χ0) is 15.4. The van der Waals surface area contributed by atoms with Crippen LogP contribution >= 0.6 is 0 Å². The number of rotatable bonds is 3. The first-order valence-corrected chi connectivity index (χ1v) is 7.25. The van der Waals surface area contributed by atoms with Crippen LogP contribution in [0.1, 0.15) is 29.2 Å². The van der Waals surface area contributed by atoms with Gasteiger partial charge in [0.1, 0.15) is 0 Å². The van der Waals surface area contributed by atoms with Gasteiger partial charge in [0.25, 0.3) is 0 Å². The summed E-state index contributed by atoms with van der Waals surface area (Å²) in [5.41, 5.74) is 6.15. The minimum Gasteiger partial charge on any atom is -0.307 e. The third kappa shape index (κ3) is 3.63. The Morgan fingerprint density at radius 2 is 1.76 bits per heavy atom. The quantitative estimate of drug-likeness (QED) is 0.832. The normalized spacial score (nSPS) is 10.3. The predicted octanol–water partition coefficient (Wildman–Crippen LogP) is 4.82. The van der Waals surface area contributed by atoms with Crippen LogP contribution in [0.3, 0.4) is 0 Å². The smallest absolute Gasteiger partial charge is 0.307 e. The third-order valence-electron chi connectivity index (χ3n) is 3.62. The molecule has 0 unspecified atom stereocenters. The molecule has 0 saturated heterocycles. The third-order valence-corrected chi connectivity index (χ3v) is 3.62. The minimum absolute atomic E-state index is 0.201. The fraction of sp³-hybridized carbons (Fsp3) is 0.278. The van der Waals surface area contributed by atoms with Crippen molar-refractivity contribution in [3.05, 3.63) is 58.7 Å². The Morgan fingerprint density at radius 3 is 2.48 bits per heavy atom. The standard InChI is InChI=1S/C18H22N2O/c1-5-15-8-6-7-14(4)17(15)20-18(21)19-16-11-12(2)9-10-13(16)3/h6-11H,5H2,1-4H3,(H2,19,20,21). The van der Waals surface area contributed by atoms with Gasteiger partial charge in [0.05, 0.1) is 0 Å². The van der Waals surface area contributed by atoms with Crippen molar-refractivity contribution in [3.63, 3.8) is 0 Å². The minimum atomic E-state index is -0.201. The van der Waals surface area contributed by atoms with Crippen molar-refractivity contribution < 1.29 is 4.79 Å². The molecule has 0 aliphatic rings. The van der Waals surface area contributed by atoms with Crippen LogP contribution in [-0.4, -0.2) is 6.03 Å². The first-order valence-electron chi connectivity index (χ1n) is 7.25. The van der Waals surface area contributed by atoms with Crippen LogP contribution in [0, 0.1) is 20.8 Å². The molecule has 0 aromatic heterocycles. The number of benzene rings is 2. The monoisotopic (exact) mass is 282 g/mol.